The molecule has 2 aromatic carbocycles. The van der Waals surface area contributed by atoms with Crippen molar-refractivity contribution >= 4 is 10.8 Å². The van der Waals surface area contributed by atoms with Crippen LogP contribution in [-0.2, 0) is 13.5 Å². The Balaban J connectivity index is 2.02. The summed E-state index contributed by atoms with van der Waals surface area (Å²) in [4.78, 5) is 4.18. The van der Waals surface area contributed by atoms with Crippen LogP contribution in [0.15, 0.2) is 42.7 Å². The van der Waals surface area contributed by atoms with Gasteiger partial charge in [-0.2, -0.15) is 5.10 Å². The van der Waals surface area contributed by atoms with Gasteiger partial charge < -0.3 is 5.73 Å². The number of hydrogen-bond acceptors (Lipinski definition) is 3. The molecular weight excluding hydrogens is 255 g/mol. The fraction of sp³-hybridized carbons (Fsp3) is 0.200. The molecule has 3 aromatic rings. The van der Waals surface area contributed by atoms with Crippen molar-refractivity contribution in [3.8, 4) is 0 Å². The topological polar surface area (TPSA) is 56.7 Å². The normalized spacial score (nSPS) is 12.8. The van der Waals surface area contributed by atoms with Gasteiger partial charge in [0.15, 0.2) is 0 Å². The summed E-state index contributed by atoms with van der Waals surface area (Å²) in [5, 5.41) is 5.47. The highest BCUT2D eigenvalue weighted by Gasteiger charge is 2.14. The molecule has 0 radical (unpaired) electrons. The molecular formula is C15H15FN4. The highest BCUT2D eigenvalue weighted by atomic mass is 19.1. The molecule has 1 unspecified atom stereocenters. The predicted octanol–water partition coefficient (Wildman–Crippen LogP) is 2.35. The lowest BCUT2D eigenvalue weighted by molar-refractivity contribution is 0.625. The van der Waals surface area contributed by atoms with Gasteiger partial charge in [0.1, 0.15) is 18.0 Å². The molecule has 0 aliphatic rings. The van der Waals surface area contributed by atoms with Crippen LogP contribution in [0.4, 0.5) is 4.39 Å². The maximum absolute atomic E-state index is 13.8. The molecule has 0 aliphatic heterocycles. The number of fused-ring (bicyclic) bond motifs is 1. The molecule has 102 valence electrons. The Morgan fingerprint density at radius 3 is 2.65 bits per heavy atom. The van der Waals surface area contributed by atoms with Gasteiger partial charge >= 0.3 is 0 Å². The largest absolute Gasteiger partial charge is 0.324 e. The minimum Gasteiger partial charge on any atom is -0.324 e. The van der Waals surface area contributed by atoms with Crippen molar-refractivity contribution in [2.75, 3.05) is 0 Å². The molecule has 4 nitrogen and oxygen atoms in total. The van der Waals surface area contributed by atoms with Gasteiger partial charge in [-0.15, -0.1) is 0 Å². The molecule has 0 spiro atoms. The standard InChI is InChI=1S/C15H15FN4/c1-20-15(18-9-19-20)8-14(17)12-6-7-13(16)11-5-3-2-4-10(11)12/h2-7,9,14H,8,17H2,1H3. The first-order valence-electron chi connectivity index (χ1n) is 6.42. The van der Waals surface area contributed by atoms with Gasteiger partial charge in [-0.25, -0.2) is 9.37 Å². The minimum atomic E-state index is -0.247. The molecule has 0 saturated carbocycles. The Bertz CT molecular complexity index is 750. The van der Waals surface area contributed by atoms with E-state index in [4.69, 9.17) is 5.73 Å². The minimum absolute atomic E-state index is 0.227. The lowest BCUT2D eigenvalue weighted by atomic mass is 9.97. The lowest BCUT2D eigenvalue weighted by Crippen LogP contribution is -2.16. The summed E-state index contributed by atoms with van der Waals surface area (Å²) in [6, 6.07) is 10.3. The number of rotatable bonds is 3. The summed E-state index contributed by atoms with van der Waals surface area (Å²) in [5.74, 6) is 0.584. The Hall–Kier alpha value is -2.27. The van der Waals surface area contributed by atoms with Crippen molar-refractivity contribution in [3.63, 3.8) is 0 Å². The number of benzene rings is 2. The van der Waals surface area contributed by atoms with Crippen molar-refractivity contribution in [3.05, 3.63) is 59.9 Å². The average molecular weight is 270 g/mol. The maximum atomic E-state index is 13.8. The highest BCUT2D eigenvalue weighted by Crippen LogP contribution is 2.26. The summed E-state index contributed by atoms with van der Waals surface area (Å²) in [5.41, 5.74) is 7.19. The summed E-state index contributed by atoms with van der Waals surface area (Å²) in [6.07, 6.45) is 2.07. The summed E-state index contributed by atoms with van der Waals surface area (Å²) in [7, 11) is 1.83. The molecule has 5 heteroatoms. The number of nitrogens with two attached hydrogens (primary N) is 1. The van der Waals surface area contributed by atoms with Gasteiger partial charge in [-0.1, -0.05) is 30.3 Å². The van der Waals surface area contributed by atoms with Crippen molar-refractivity contribution in [1.29, 1.82) is 0 Å². The second-order valence-electron chi connectivity index (χ2n) is 4.79. The quantitative estimate of drug-likeness (QED) is 0.794. The Labute approximate surface area is 116 Å². The van der Waals surface area contributed by atoms with Crippen LogP contribution in [0.3, 0.4) is 0 Å². The van der Waals surface area contributed by atoms with E-state index in [0.29, 0.717) is 11.8 Å². The smallest absolute Gasteiger partial charge is 0.138 e. The van der Waals surface area contributed by atoms with E-state index < -0.39 is 0 Å². The molecule has 0 saturated heterocycles. The van der Waals surface area contributed by atoms with E-state index in [1.165, 1.54) is 12.4 Å². The van der Waals surface area contributed by atoms with Gasteiger partial charge in [0.05, 0.1) is 0 Å². The van der Waals surface area contributed by atoms with Crippen LogP contribution in [-0.4, -0.2) is 14.8 Å². The van der Waals surface area contributed by atoms with Crippen LogP contribution in [0, 0.1) is 5.82 Å². The average Bonchev–Trinajstić information content (AvgIpc) is 2.85. The van der Waals surface area contributed by atoms with Crippen molar-refractivity contribution < 1.29 is 4.39 Å². The predicted molar refractivity (Wildman–Crippen MR) is 75.5 cm³/mol. The maximum Gasteiger partial charge on any atom is 0.138 e. The van der Waals surface area contributed by atoms with Crippen molar-refractivity contribution in [2.24, 2.45) is 12.8 Å². The number of aromatic nitrogens is 3. The van der Waals surface area contributed by atoms with Gasteiger partial charge in [0, 0.05) is 24.9 Å². The first-order valence-corrected chi connectivity index (χ1v) is 6.42. The van der Waals surface area contributed by atoms with Crippen LogP contribution < -0.4 is 5.73 Å². The van der Waals surface area contributed by atoms with E-state index in [1.54, 1.807) is 16.8 Å². The monoisotopic (exact) mass is 270 g/mol. The van der Waals surface area contributed by atoms with Crippen molar-refractivity contribution in [1.82, 2.24) is 14.8 Å². The van der Waals surface area contributed by atoms with Crippen LogP contribution in [0.5, 0.6) is 0 Å². The van der Waals surface area contributed by atoms with E-state index in [1.807, 2.05) is 25.2 Å². The van der Waals surface area contributed by atoms with Gasteiger partial charge in [-0.3, -0.25) is 4.68 Å². The van der Waals surface area contributed by atoms with Crippen LogP contribution in [0.1, 0.15) is 17.4 Å². The highest BCUT2D eigenvalue weighted by molar-refractivity contribution is 5.86. The zero-order valence-electron chi connectivity index (χ0n) is 11.1. The molecule has 0 amide bonds. The zero-order valence-corrected chi connectivity index (χ0v) is 11.1. The Morgan fingerprint density at radius 2 is 1.95 bits per heavy atom. The number of nitrogens with zero attached hydrogens (tertiary/aromatic N) is 3. The first-order chi connectivity index (χ1) is 9.66. The molecule has 20 heavy (non-hydrogen) atoms. The third-order valence-corrected chi connectivity index (χ3v) is 3.51. The van der Waals surface area contributed by atoms with Gasteiger partial charge in [-0.05, 0) is 17.0 Å². The van der Waals surface area contributed by atoms with E-state index in [-0.39, 0.29) is 11.9 Å². The lowest BCUT2D eigenvalue weighted by Gasteiger charge is -2.14. The second-order valence-corrected chi connectivity index (χ2v) is 4.79. The Morgan fingerprint density at radius 1 is 1.20 bits per heavy atom. The van der Waals surface area contributed by atoms with Crippen LogP contribution >= 0.6 is 0 Å². The van der Waals surface area contributed by atoms with Crippen LogP contribution in [0.2, 0.25) is 0 Å². The molecule has 0 fully saturated rings. The molecule has 3 rings (SSSR count). The Kier molecular flexibility index (Phi) is 3.20. The first kappa shape index (κ1) is 12.7. The number of halogens is 1. The molecule has 0 aliphatic carbocycles. The number of aryl methyl sites for hydroxylation is 1. The molecule has 1 heterocycles. The van der Waals surface area contributed by atoms with Gasteiger partial charge in [0.2, 0.25) is 0 Å². The van der Waals surface area contributed by atoms with E-state index in [2.05, 4.69) is 10.1 Å². The fourth-order valence-electron chi connectivity index (χ4n) is 2.42. The van der Waals surface area contributed by atoms with E-state index in [0.717, 1.165) is 16.8 Å². The summed E-state index contributed by atoms with van der Waals surface area (Å²) < 4.78 is 15.5. The second kappa shape index (κ2) is 5.02. The molecule has 1 aromatic heterocycles. The zero-order chi connectivity index (χ0) is 14.1. The molecule has 2 N–H and O–H groups in total. The third-order valence-electron chi connectivity index (χ3n) is 3.51. The van der Waals surface area contributed by atoms with Crippen molar-refractivity contribution in [2.45, 2.75) is 12.5 Å². The van der Waals surface area contributed by atoms with Gasteiger partial charge in [0.25, 0.3) is 0 Å². The van der Waals surface area contributed by atoms with E-state index >= 15 is 0 Å². The summed E-state index contributed by atoms with van der Waals surface area (Å²) in [6.45, 7) is 0. The SMILES string of the molecule is Cn1ncnc1CC(N)c1ccc(F)c2ccccc12. The molecule has 1 atom stereocenters. The number of hydrogen-bond donors (Lipinski definition) is 1. The third kappa shape index (κ3) is 2.16. The van der Waals surface area contributed by atoms with Crippen LogP contribution in [0.25, 0.3) is 10.8 Å². The molecule has 0 bridgehead atoms. The fourth-order valence-corrected chi connectivity index (χ4v) is 2.42. The summed E-state index contributed by atoms with van der Waals surface area (Å²) >= 11 is 0. The van der Waals surface area contributed by atoms with E-state index in [9.17, 15) is 4.39 Å².